The number of nitrogens with zero attached hydrogens (tertiary/aromatic N) is 6. The lowest BCUT2D eigenvalue weighted by Crippen LogP contribution is -2.50. The lowest BCUT2D eigenvalue weighted by Gasteiger charge is -2.38. The highest BCUT2D eigenvalue weighted by Gasteiger charge is 2.32. The van der Waals surface area contributed by atoms with Crippen molar-refractivity contribution in [2.75, 3.05) is 31.1 Å². The van der Waals surface area contributed by atoms with Gasteiger partial charge in [0.1, 0.15) is 23.7 Å². The van der Waals surface area contributed by atoms with Gasteiger partial charge in [-0.3, -0.25) is 4.90 Å². The van der Waals surface area contributed by atoms with E-state index in [0.717, 1.165) is 36.4 Å². The topological polar surface area (TPSA) is 68.9 Å². The van der Waals surface area contributed by atoms with Crippen molar-refractivity contribution in [3.8, 4) is 6.07 Å². The monoisotopic (exact) mass is 348 g/mol. The third-order valence-electron chi connectivity index (χ3n) is 5.53. The van der Waals surface area contributed by atoms with Crippen LogP contribution in [0.2, 0.25) is 0 Å². The maximum Gasteiger partial charge on any atom is 0.156 e. The van der Waals surface area contributed by atoms with E-state index in [-0.39, 0.29) is 5.56 Å². The molecule has 0 bridgehead atoms. The molecule has 6 nitrogen and oxygen atoms in total. The summed E-state index contributed by atoms with van der Waals surface area (Å²) in [6.07, 6.45) is 5.69. The number of anilines is 1. The number of benzene rings is 1. The Labute approximate surface area is 149 Å². The predicted molar refractivity (Wildman–Crippen MR) is 96.3 cm³/mol. The van der Waals surface area contributed by atoms with Crippen LogP contribution in [0.4, 0.5) is 10.2 Å². The molecule has 0 aliphatic carbocycles. The molecule has 0 spiro atoms. The molecule has 0 amide bonds. The van der Waals surface area contributed by atoms with Gasteiger partial charge in [-0.05, 0) is 25.5 Å². The second-order valence-corrected chi connectivity index (χ2v) is 6.96. The number of fused-ring (bicyclic) bond motifs is 4. The van der Waals surface area contributed by atoms with E-state index in [4.69, 9.17) is 10.2 Å². The van der Waals surface area contributed by atoms with E-state index >= 15 is 0 Å². The van der Waals surface area contributed by atoms with Crippen LogP contribution in [-0.4, -0.2) is 52.1 Å². The van der Waals surface area contributed by atoms with Crippen LogP contribution in [0, 0.1) is 17.1 Å². The molecule has 2 aromatic heterocycles. The van der Waals surface area contributed by atoms with Crippen molar-refractivity contribution in [3.63, 3.8) is 0 Å². The fourth-order valence-electron chi connectivity index (χ4n) is 4.23. The Hall–Kier alpha value is -2.85. The van der Waals surface area contributed by atoms with Crippen molar-refractivity contribution >= 4 is 27.6 Å². The third kappa shape index (κ3) is 2.30. The second-order valence-electron chi connectivity index (χ2n) is 6.96. The van der Waals surface area contributed by atoms with Crippen LogP contribution in [0.1, 0.15) is 18.4 Å². The number of nitriles is 1. The first kappa shape index (κ1) is 15.4. The summed E-state index contributed by atoms with van der Waals surface area (Å²) in [6.45, 7) is 3.98. The maximum absolute atomic E-state index is 14.2. The van der Waals surface area contributed by atoms with E-state index in [1.165, 1.54) is 31.8 Å². The maximum atomic E-state index is 14.2. The summed E-state index contributed by atoms with van der Waals surface area (Å²) in [6, 6.07) is 5.33. The number of aromatic nitrogens is 3. The third-order valence-corrected chi connectivity index (χ3v) is 5.53. The van der Waals surface area contributed by atoms with E-state index in [9.17, 15) is 4.39 Å². The van der Waals surface area contributed by atoms with Crippen LogP contribution in [-0.2, 0) is 0 Å². The average molecular weight is 348 g/mol. The minimum Gasteiger partial charge on any atom is -0.352 e. The number of halogens is 1. The van der Waals surface area contributed by atoms with Crippen molar-refractivity contribution in [3.05, 3.63) is 36.0 Å². The minimum atomic E-state index is -0.546. The molecule has 130 valence electrons. The highest BCUT2D eigenvalue weighted by atomic mass is 19.1. The summed E-state index contributed by atoms with van der Waals surface area (Å²) in [5.74, 6) is 0.237. The van der Waals surface area contributed by atoms with Gasteiger partial charge in [0, 0.05) is 48.7 Å². The fraction of sp³-hybridized carbons (Fsp3) is 0.368. The molecule has 0 radical (unpaired) electrons. The normalized spacial score (nSPS) is 20.5. The summed E-state index contributed by atoms with van der Waals surface area (Å²) in [7, 11) is 0. The fourth-order valence-corrected chi connectivity index (χ4v) is 4.23. The van der Waals surface area contributed by atoms with Crippen LogP contribution in [0.15, 0.2) is 24.7 Å². The van der Waals surface area contributed by atoms with Gasteiger partial charge in [0.15, 0.2) is 5.82 Å². The largest absolute Gasteiger partial charge is 0.352 e. The molecule has 3 aromatic rings. The smallest absolute Gasteiger partial charge is 0.156 e. The zero-order valence-electron chi connectivity index (χ0n) is 14.2. The van der Waals surface area contributed by atoms with E-state index in [1.54, 1.807) is 12.3 Å². The Bertz CT molecular complexity index is 1060. The van der Waals surface area contributed by atoms with Gasteiger partial charge >= 0.3 is 0 Å². The summed E-state index contributed by atoms with van der Waals surface area (Å²) < 4.78 is 14.2. The summed E-state index contributed by atoms with van der Waals surface area (Å²) >= 11 is 0. The van der Waals surface area contributed by atoms with Gasteiger partial charge in [0.05, 0.1) is 11.1 Å². The van der Waals surface area contributed by atoms with Gasteiger partial charge in [-0.25, -0.2) is 19.3 Å². The molecule has 5 rings (SSSR count). The standard InChI is InChI=1S/C19H17FN6/c20-16-7-17-14(6-12(16)8-21)15-9-22-11-23-18(15)19(24-17)26-5-4-25-3-1-2-13(25)10-26/h6-7,9,11,13H,1-5,10H2. The van der Waals surface area contributed by atoms with E-state index in [0.29, 0.717) is 16.9 Å². The average Bonchev–Trinajstić information content (AvgIpc) is 3.14. The molecule has 2 saturated heterocycles. The second kappa shape index (κ2) is 5.85. The van der Waals surface area contributed by atoms with Gasteiger partial charge < -0.3 is 4.90 Å². The molecule has 1 unspecified atom stereocenters. The summed E-state index contributed by atoms with van der Waals surface area (Å²) in [5, 5.41) is 10.7. The minimum absolute atomic E-state index is 0.0109. The van der Waals surface area contributed by atoms with Crippen molar-refractivity contribution in [1.29, 1.82) is 5.26 Å². The van der Waals surface area contributed by atoms with E-state index in [2.05, 4.69) is 19.8 Å². The first-order chi connectivity index (χ1) is 12.7. The first-order valence-electron chi connectivity index (χ1n) is 8.86. The number of pyridine rings is 1. The van der Waals surface area contributed by atoms with E-state index < -0.39 is 5.82 Å². The lowest BCUT2D eigenvalue weighted by atomic mass is 10.1. The molecular formula is C19H17FN6. The molecule has 0 N–H and O–H groups in total. The molecule has 0 saturated carbocycles. The molecule has 1 atom stereocenters. The first-order valence-corrected chi connectivity index (χ1v) is 8.86. The molecule has 2 fully saturated rings. The van der Waals surface area contributed by atoms with Gasteiger partial charge in [0.2, 0.25) is 0 Å². The van der Waals surface area contributed by atoms with Crippen LogP contribution < -0.4 is 4.90 Å². The Morgan fingerprint density at radius 1 is 1.19 bits per heavy atom. The summed E-state index contributed by atoms with van der Waals surface area (Å²) in [5.41, 5.74) is 1.30. The van der Waals surface area contributed by atoms with Gasteiger partial charge in [0.25, 0.3) is 0 Å². The van der Waals surface area contributed by atoms with Crippen LogP contribution >= 0.6 is 0 Å². The molecule has 7 heteroatoms. The SMILES string of the molecule is N#Cc1cc2c(cc1F)nc(N1CCN3CCCC3C1)c1ncncc12. The highest BCUT2D eigenvalue weighted by Crippen LogP contribution is 2.33. The Morgan fingerprint density at radius 2 is 2.12 bits per heavy atom. The molecule has 26 heavy (non-hydrogen) atoms. The zero-order chi connectivity index (χ0) is 17.7. The number of rotatable bonds is 1. The van der Waals surface area contributed by atoms with Crippen LogP contribution in [0.25, 0.3) is 21.8 Å². The number of hydrogen-bond acceptors (Lipinski definition) is 6. The lowest BCUT2D eigenvalue weighted by molar-refractivity contribution is 0.230. The predicted octanol–water partition coefficient (Wildman–Crippen LogP) is 2.47. The molecule has 4 heterocycles. The number of hydrogen-bond donors (Lipinski definition) is 0. The Kier molecular flexibility index (Phi) is 3.47. The Morgan fingerprint density at radius 3 is 3.00 bits per heavy atom. The van der Waals surface area contributed by atoms with Crippen LogP contribution in [0.3, 0.4) is 0 Å². The Balaban J connectivity index is 1.70. The van der Waals surface area contributed by atoms with Crippen LogP contribution in [0.5, 0.6) is 0 Å². The van der Waals surface area contributed by atoms with Gasteiger partial charge in [-0.2, -0.15) is 5.26 Å². The van der Waals surface area contributed by atoms with Crippen molar-refractivity contribution in [2.45, 2.75) is 18.9 Å². The van der Waals surface area contributed by atoms with Gasteiger partial charge in [-0.1, -0.05) is 0 Å². The number of piperazine rings is 1. The van der Waals surface area contributed by atoms with E-state index in [1.807, 2.05) is 6.07 Å². The molecular weight excluding hydrogens is 331 g/mol. The molecule has 1 aromatic carbocycles. The summed E-state index contributed by atoms with van der Waals surface area (Å²) in [4.78, 5) is 18.1. The molecule has 2 aliphatic rings. The van der Waals surface area contributed by atoms with Crippen molar-refractivity contribution in [2.24, 2.45) is 0 Å². The quantitative estimate of drug-likeness (QED) is 0.629. The van der Waals surface area contributed by atoms with Gasteiger partial charge in [-0.15, -0.1) is 0 Å². The highest BCUT2D eigenvalue weighted by molar-refractivity contribution is 6.08. The van der Waals surface area contributed by atoms with Crippen molar-refractivity contribution < 1.29 is 4.39 Å². The molecule has 2 aliphatic heterocycles. The van der Waals surface area contributed by atoms with Crippen molar-refractivity contribution in [1.82, 2.24) is 19.9 Å². The zero-order valence-corrected chi connectivity index (χ0v) is 14.2.